The van der Waals surface area contributed by atoms with Gasteiger partial charge in [0.1, 0.15) is 11.4 Å². The Morgan fingerprint density at radius 2 is 2.30 bits per heavy atom. The fourth-order valence-electron chi connectivity index (χ4n) is 2.00. The fourth-order valence-corrected chi connectivity index (χ4v) is 3.01. The lowest BCUT2D eigenvalue weighted by Gasteiger charge is -2.10. The molecule has 0 unspecified atom stereocenters. The molecule has 6 heteroatoms. The van der Waals surface area contributed by atoms with Crippen molar-refractivity contribution in [2.75, 3.05) is 7.11 Å². The summed E-state index contributed by atoms with van der Waals surface area (Å²) < 4.78 is 7.75. The molecule has 3 aromatic rings. The van der Waals surface area contributed by atoms with Crippen LogP contribution in [-0.2, 0) is 6.42 Å². The molecule has 0 atom stereocenters. The highest BCUT2D eigenvalue weighted by molar-refractivity contribution is 7.15. The molecular formula is C14H12ClN3OS. The normalized spacial score (nSPS) is 10.7. The van der Waals surface area contributed by atoms with Gasteiger partial charge in [0.05, 0.1) is 7.11 Å². The summed E-state index contributed by atoms with van der Waals surface area (Å²) in [7, 11) is 1.66. The van der Waals surface area contributed by atoms with Crippen molar-refractivity contribution in [1.82, 2.24) is 14.8 Å². The van der Waals surface area contributed by atoms with Crippen LogP contribution < -0.4 is 4.74 Å². The molecule has 0 aliphatic heterocycles. The van der Waals surface area contributed by atoms with Gasteiger partial charge < -0.3 is 4.74 Å². The number of thiazole rings is 1. The van der Waals surface area contributed by atoms with E-state index in [2.05, 4.69) is 16.1 Å². The Balaban J connectivity index is 1.95. The number of aromatic nitrogens is 3. The average Bonchev–Trinajstić information content (AvgIpc) is 3.10. The Bertz CT molecular complexity index is 709. The molecule has 20 heavy (non-hydrogen) atoms. The van der Waals surface area contributed by atoms with E-state index in [0.717, 1.165) is 28.3 Å². The number of halogens is 1. The van der Waals surface area contributed by atoms with Crippen molar-refractivity contribution >= 4 is 22.9 Å². The first-order valence-electron chi connectivity index (χ1n) is 6.03. The van der Waals surface area contributed by atoms with Crippen LogP contribution in [0.25, 0.3) is 5.69 Å². The summed E-state index contributed by atoms with van der Waals surface area (Å²) in [5, 5.41) is 4.25. The van der Waals surface area contributed by atoms with Gasteiger partial charge in [0, 0.05) is 29.9 Å². The van der Waals surface area contributed by atoms with Crippen LogP contribution in [0.1, 0.15) is 10.4 Å². The minimum Gasteiger partial charge on any atom is -0.494 e. The number of rotatable bonds is 4. The van der Waals surface area contributed by atoms with Gasteiger partial charge in [-0.05, 0) is 23.8 Å². The predicted octanol–water partition coefficient (Wildman–Crippen LogP) is 3.58. The van der Waals surface area contributed by atoms with E-state index in [9.17, 15) is 0 Å². The molecule has 2 heterocycles. The molecule has 1 aromatic carbocycles. The van der Waals surface area contributed by atoms with Crippen LogP contribution in [-0.4, -0.2) is 21.9 Å². The zero-order valence-corrected chi connectivity index (χ0v) is 12.4. The van der Waals surface area contributed by atoms with Crippen LogP contribution >= 0.6 is 22.9 Å². The van der Waals surface area contributed by atoms with Crippen molar-refractivity contribution in [3.63, 3.8) is 0 Å². The predicted molar refractivity (Wildman–Crippen MR) is 80.0 cm³/mol. The molecule has 0 saturated carbocycles. The number of nitrogens with zero attached hydrogens (tertiary/aromatic N) is 3. The zero-order valence-electron chi connectivity index (χ0n) is 10.8. The molecule has 0 aliphatic carbocycles. The van der Waals surface area contributed by atoms with E-state index in [1.165, 1.54) is 11.3 Å². The minimum absolute atomic E-state index is 0.570. The molecule has 0 aliphatic rings. The standard InChI is InChI=1S/C14H12ClN3OS/c1-19-13-4-3-10(7-11-9-16-14(15)20-11)8-12(13)18-6-2-5-17-18/h2-6,8-9H,7H2,1H3. The molecule has 2 aromatic heterocycles. The molecule has 3 rings (SSSR count). The number of benzene rings is 1. The van der Waals surface area contributed by atoms with E-state index in [1.807, 2.05) is 30.6 Å². The van der Waals surface area contributed by atoms with Crippen LogP contribution in [0.15, 0.2) is 42.9 Å². The third-order valence-corrected chi connectivity index (χ3v) is 4.01. The van der Waals surface area contributed by atoms with Gasteiger partial charge in [-0.2, -0.15) is 5.10 Å². The van der Waals surface area contributed by atoms with Crippen molar-refractivity contribution in [2.45, 2.75) is 6.42 Å². The van der Waals surface area contributed by atoms with E-state index in [1.54, 1.807) is 18.0 Å². The van der Waals surface area contributed by atoms with Crippen molar-refractivity contribution in [1.29, 1.82) is 0 Å². The maximum atomic E-state index is 5.86. The summed E-state index contributed by atoms with van der Waals surface area (Å²) in [5.74, 6) is 0.791. The molecular weight excluding hydrogens is 294 g/mol. The number of hydrogen-bond acceptors (Lipinski definition) is 4. The van der Waals surface area contributed by atoms with Gasteiger partial charge >= 0.3 is 0 Å². The highest BCUT2D eigenvalue weighted by Gasteiger charge is 2.08. The summed E-state index contributed by atoms with van der Waals surface area (Å²) in [6.07, 6.45) is 6.24. The van der Waals surface area contributed by atoms with Gasteiger partial charge in [0.15, 0.2) is 4.47 Å². The average molecular weight is 306 g/mol. The van der Waals surface area contributed by atoms with Crippen LogP contribution in [0.2, 0.25) is 4.47 Å². The Hall–Kier alpha value is -1.85. The summed E-state index contributed by atoms with van der Waals surface area (Å²) in [6, 6.07) is 7.95. The van der Waals surface area contributed by atoms with Crippen molar-refractivity contribution in [3.8, 4) is 11.4 Å². The van der Waals surface area contributed by atoms with Crippen molar-refractivity contribution in [3.05, 3.63) is 57.8 Å². The van der Waals surface area contributed by atoms with E-state index in [4.69, 9.17) is 16.3 Å². The van der Waals surface area contributed by atoms with Crippen LogP contribution in [0.3, 0.4) is 0 Å². The Kier molecular flexibility index (Phi) is 3.71. The van der Waals surface area contributed by atoms with E-state index >= 15 is 0 Å². The van der Waals surface area contributed by atoms with E-state index in [0.29, 0.717) is 4.47 Å². The first-order valence-corrected chi connectivity index (χ1v) is 7.23. The zero-order chi connectivity index (χ0) is 13.9. The van der Waals surface area contributed by atoms with E-state index < -0.39 is 0 Å². The fraction of sp³-hybridized carbons (Fsp3) is 0.143. The van der Waals surface area contributed by atoms with E-state index in [-0.39, 0.29) is 0 Å². The lowest BCUT2D eigenvalue weighted by atomic mass is 10.1. The summed E-state index contributed by atoms with van der Waals surface area (Å²) in [5.41, 5.74) is 2.09. The SMILES string of the molecule is COc1ccc(Cc2cnc(Cl)s2)cc1-n1cccn1. The summed E-state index contributed by atoms with van der Waals surface area (Å²) in [6.45, 7) is 0. The lowest BCUT2D eigenvalue weighted by Crippen LogP contribution is -2.00. The molecule has 0 fully saturated rings. The second-order valence-corrected chi connectivity index (χ2v) is 5.91. The quantitative estimate of drug-likeness (QED) is 0.739. The van der Waals surface area contributed by atoms with Gasteiger partial charge in [-0.1, -0.05) is 17.7 Å². The van der Waals surface area contributed by atoms with Gasteiger partial charge in [-0.25, -0.2) is 9.67 Å². The molecule has 0 spiro atoms. The molecule has 4 nitrogen and oxygen atoms in total. The highest BCUT2D eigenvalue weighted by atomic mass is 35.5. The minimum atomic E-state index is 0.570. The Morgan fingerprint density at radius 3 is 2.95 bits per heavy atom. The Morgan fingerprint density at radius 1 is 1.40 bits per heavy atom. The smallest absolute Gasteiger partial charge is 0.183 e. The first-order chi connectivity index (χ1) is 9.76. The molecule has 0 saturated heterocycles. The molecule has 0 N–H and O–H groups in total. The lowest BCUT2D eigenvalue weighted by molar-refractivity contribution is 0.411. The van der Waals surface area contributed by atoms with Crippen LogP contribution in [0.4, 0.5) is 0 Å². The van der Waals surface area contributed by atoms with Crippen LogP contribution in [0.5, 0.6) is 5.75 Å². The molecule has 0 amide bonds. The number of hydrogen-bond donors (Lipinski definition) is 0. The Labute approximate surface area is 125 Å². The third kappa shape index (κ3) is 2.69. The maximum absolute atomic E-state index is 5.86. The van der Waals surface area contributed by atoms with Crippen LogP contribution in [0, 0.1) is 0 Å². The molecule has 102 valence electrons. The second-order valence-electron chi connectivity index (χ2n) is 4.21. The van der Waals surface area contributed by atoms with Gasteiger partial charge in [0.2, 0.25) is 0 Å². The van der Waals surface area contributed by atoms with Gasteiger partial charge in [-0.3, -0.25) is 0 Å². The third-order valence-electron chi connectivity index (χ3n) is 2.90. The largest absolute Gasteiger partial charge is 0.494 e. The maximum Gasteiger partial charge on any atom is 0.183 e. The van der Waals surface area contributed by atoms with Gasteiger partial charge in [-0.15, -0.1) is 11.3 Å². The first kappa shape index (κ1) is 13.1. The highest BCUT2D eigenvalue weighted by Crippen LogP contribution is 2.26. The second kappa shape index (κ2) is 5.64. The van der Waals surface area contributed by atoms with Gasteiger partial charge in [0.25, 0.3) is 0 Å². The molecule has 0 radical (unpaired) electrons. The molecule has 0 bridgehead atoms. The van der Waals surface area contributed by atoms with Crippen molar-refractivity contribution < 1.29 is 4.74 Å². The topological polar surface area (TPSA) is 39.9 Å². The number of methoxy groups -OCH3 is 1. The monoisotopic (exact) mass is 305 g/mol. The number of ether oxygens (including phenoxy) is 1. The van der Waals surface area contributed by atoms with Crippen molar-refractivity contribution in [2.24, 2.45) is 0 Å². The summed E-state index contributed by atoms with van der Waals surface area (Å²) in [4.78, 5) is 5.19. The summed E-state index contributed by atoms with van der Waals surface area (Å²) >= 11 is 7.36.